The van der Waals surface area contributed by atoms with Gasteiger partial charge in [0.25, 0.3) is 0 Å². The molecule has 5 nitrogen and oxygen atoms in total. The molecule has 0 aliphatic carbocycles. The third-order valence-corrected chi connectivity index (χ3v) is 1.80. The summed E-state index contributed by atoms with van der Waals surface area (Å²) in [5.41, 5.74) is 0.818. The monoisotopic (exact) mass is 212 g/mol. The second kappa shape index (κ2) is 4.71. The molecule has 0 saturated heterocycles. The van der Waals surface area contributed by atoms with E-state index in [0.717, 1.165) is 5.69 Å². The van der Waals surface area contributed by atoms with E-state index in [9.17, 15) is 0 Å². The molecule has 0 aliphatic rings. The number of rotatable bonds is 2. The summed E-state index contributed by atoms with van der Waals surface area (Å²) in [6, 6.07) is 1.74. The topological polar surface area (TPSA) is 59.1 Å². The average molecular weight is 212 g/mol. The molecule has 0 saturated carbocycles. The zero-order valence-electron chi connectivity index (χ0n) is 8.29. The van der Waals surface area contributed by atoms with E-state index in [0.29, 0.717) is 16.9 Å². The molecule has 1 heterocycles. The maximum Gasteiger partial charge on any atom is 0.232 e. The number of hydrogen-bond acceptors (Lipinski definition) is 4. The molecule has 1 aromatic rings. The van der Waals surface area contributed by atoms with E-state index in [2.05, 4.69) is 20.6 Å². The Balaban J connectivity index is 2.86. The van der Waals surface area contributed by atoms with Crippen molar-refractivity contribution in [2.24, 2.45) is 0 Å². The van der Waals surface area contributed by atoms with Crippen molar-refractivity contribution in [3.8, 4) is 5.88 Å². The molecule has 14 heavy (non-hydrogen) atoms. The van der Waals surface area contributed by atoms with E-state index >= 15 is 0 Å². The van der Waals surface area contributed by atoms with Gasteiger partial charge in [-0.2, -0.15) is 4.98 Å². The number of ether oxygens (including phenoxy) is 1. The van der Waals surface area contributed by atoms with Crippen molar-refractivity contribution in [3.63, 3.8) is 0 Å². The van der Waals surface area contributed by atoms with Crippen LogP contribution in [0, 0.1) is 6.92 Å². The van der Waals surface area contributed by atoms with Crippen molar-refractivity contribution < 1.29 is 4.74 Å². The second-order valence-corrected chi connectivity index (χ2v) is 2.99. The highest BCUT2D eigenvalue weighted by molar-refractivity contribution is 7.80. The second-order valence-electron chi connectivity index (χ2n) is 2.58. The largest absolute Gasteiger partial charge is 0.481 e. The van der Waals surface area contributed by atoms with E-state index in [1.54, 1.807) is 20.2 Å². The van der Waals surface area contributed by atoms with Crippen molar-refractivity contribution in [3.05, 3.63) is 11.8 Å². The lowest BCUT2D eigenvalue weighted by Crippen LogP contribution is -2.25. The predicted molar refractivity (Wildman–Crippen MR) is 58.6 cm³/mol. The molecule has 1 aromatic heterocycles. The van der Waals surface area contributed by atoms with Crippen LogP contribution < -0.4 is 15.4 Å². The van der Waals surface area contributed by atoms with Gasteiger partial charge in [-0.05, 0) is 19.1 Å². The molecule has 1 rings (SSSR count). The SMILES string of the molecule is CNC(=S)Nc1nc(C)cc(OC)n1. The van der Waals surface area contributed by atoms with Gasteiger partial charge in [0.15, 0.2) is 5.11 Å². The van der Waals surface area contributed by atoms with E-state index in [-0.39, 0.29) is 0 Å². The molecule has 0 aliphatic heterocycles. The summed E-state index contributed by atoms with van der Waals surface area (Å²) in [5, 5.41) is 6.07. The first-order chi connectivity index (χ1) is 6.65. The van der Waals surface area contributed by atoms with Crippen molar-refractivity contribution in [1.82, 2.24) is 15.3 Å². The number of hydrogen-bond donors (Lipinski definition) is 2. The Bertz CT molecular complexity index is 342. The van der Waals surface area contributed by atoms with Crippen LogP contribution in [0.2, 0.25) is 0 Å². The highest BCUT2D eigenvalue weighted by atomic mass is 32.1. The lowest BCUT2D eigenvalue weighted by Gasteiger charge is -2.07. The molecule has 0 radical (unpaired) electrons. The van der Waals surface area contributed by atoms with Crippen LogP contribution in [0.15, 0.2) is 6.07 Å². The molecule has 0 amide bonds. The standard InChI is InChI=1S/C8H12N4OS/c1-5-4-6(13-3)11-7(10-5)12-8(14)9-2/h4H,1-3H3,(H2,9,10,11,12,14). The zero-order valence-corrected chi connectivity index (χ0v) is 9.10. The van der Waals surface area contributed by atoms with Gasteiger partial charge in [-0.15, -0.1) is 0 Å². The van der Waals surface area contributed by atoms with Crippen LogP contribution >= 0.6 is 12.2 Å². The van der Waals surface area contributed by atoms with E-state index in [4.69, 9.17) is 17.0 Å². The van der Waals surface area contributed by atoms with Gasteiger partial charge in [0.05, 0.1) is 7.11 Å². The minimum absolute atomic E-state index is 0.432. The Morgan fingerprint density at radius 2 is 2.21 bits per heavy atom. The van der Waals surface area contributed by atoms with Crippen molar-refractivity contribution in [2.75, 3.05) is 19.5 Å². The minimum atomic E-state index is 0.432. The molecule has 0 atom stereocenters. The lowest BCUT2D eigenvalue weighted by molar-refractivity contribution is 0.397. The molecule has 0 aromatic carbocycles. The van der Waals surface area contributed by atoms with Crippen LogP contribution in [0.5, 0.6) is 5.88 Å². The van der Waals surface area contributed by atoms with Gasteiger partial charge in [-0.1, -0.05) is 0 Å². The Hall–Kier alpha value is -1.43. The number of thiocarbonyl (C=S) groups is 1. The zero-order chi connectivity index (χ0) is 10.6. The van der Waals surface area contributed by atoms with Crippen LogP contribution in [0.4, 0.5) is 5.95 Å². The van der Waals surface area contributed by atoms with E-state index in [1.165, 1.54) is 0 Å². The first kappa shape index (κ1) is 10.6. The van der Waals surface area contributed by atoms with Gasteiger partial charge >= 0.3 is 0 Å². The molecule has 2 N–H and O–H groups in total. The van der Waals surface area contributed by atoms with Crippen LogP contribution in [0.1, 0.15) is 5.69 Å². The third kappa shape index (κ3) is 2.81. The van der Waals surface area contributed by atoms with Gasteiger partial charge in [0, 0.05) is 18.8 Å². The predicted octanol–water partition coefficient (Wildman–Crippen LogP) is 0.710. The summed E-state index contributed by atoms with van der Waals surface area (Å²) in [7, 11) is 3.28. The number of aryl methyl sites for hydroxylation is 1. The highest BCUT2D eigenvalue weighted by Gasteiger charge is 2.02. The number of nitrogens with zero attached hydrogens (tertiary/aromatic N) is 2. The number of aromatic nitrogens is 2. The fourth-order valence-electron chi connectivity index (χ4n) is 0.864. The van der Waals surface area contributed by atoms with Crippen LogP contribution in [-0.2, 0) is 0 Å². The Labute approximate surface area is 87.9 Å². The number of methoxy groups -OCH3 is 1. The number of anilines is 1. The summed E-state index contributed by atoms with van der Waals surface area (Å²) in [6.07, 6.45) is 0. The normalized spacial score (nSPS) is 9.36. The van der Waals surface area contributed by atoms with Gasteiger partial charge in [0.1, 0.15) is 0 Å². The molecule has 0 bridgehead atoms. The molecule has 76 valence electrons. The maximum atomic E-state index is 5.00. The van der Waals surface area contributed by atoms with Crippen molar-refractivity contribution >= 4 is 23.3 Å². The van der Waals surface area contributed by atoms with Crippen molar-refractivity contribution in [1.29, 1.82) is 0 Å². The van der Waals surface area contributed by atoms with Crippen LogP contribution in [0.25, 0.3) is 0 Å². The van der Waals surface area contributed by atoms with Crippen LogP contribution in [0.3, 0.4) is 0 Å². The Kier molecular flexibility index (Phi) is 3.58. The molecule has 0 unspecified atom stereocenters. The first-order valence-corrected chi connectivity index (χ1v) is 4.45. The van der Waals surface area contributed by atoms with Gasteiger partial charge in [-0.25, -0.2) is 4.98 Å². The fraction of sp³-hybridized carbons (Fsp3) is 0.375. The summed E-state index contributed by atoms with van der Waals surface area (Å²) < 4.78 is 5.00. The van der Waals surface area contributed by atoms with Crippen LogP contribution in [-0.4, -0.2) is 29.2 Å². The number of nitrogens with one attached hydrogen (secondary N) is 2. The van der Waals surface area contributed by atoms with E-state index < -0.39 is 0 Å². The molecule has 0 spiro atoms. The smallest absolute Gasteiger partial charge is 0.232 e. The Morgan fingerprint density at radius 3 is 2.79 bits per heavy atom. The molecule has 0 fully saturated rings. The lowest BCUT2D eigenvalue weighted by atomic mass is 10.4. The molecular weight excluding hydrogens is 200 g/mol. The third-order valence-electron chi connectivity index (χ3n) is 1.49. The maximum absolute atomic E-state index is 5.00. The Morgan fingerprint density at radius 1 is 1.50 bits per heavy atom. The quantitative estimate of drug-likeness (QED) is 0.704. The summed E-state index contributed by atoms with van der Waals surface area (Å²) >= 11 is 4.92. The summed E-state index contributed by atoms with van der Waals surface area (Å²) in [4.78, 5) is 8.21. The molecule has 6 heteroatoms. The highest BCUT2D eigenvalue weighted by Crippen LogP contribution is 2.10. The molecular formula is C8H12N4OS. The van der Waals surface area contributed by atoms with Gasteiger partial charge in [0.2, 0.25) is 11.8 Å². The summed E-state index contributed by atoms with van der Waals surface area (Å²) in [6.45, 7) is 1.86. The van der Waals surface area contributed by atoms with Gasteiger partial charge < -0.3 is 15.4 Å². The minimum Gasteiger partial charge on any atom is -0.481 e. The summed E-state index contributed by atoms with van der Waals surface area (Å²) in [5.74, 6) is 0.945. The van der Waals surface area contributed by atoms with Gasteiger partial charge in [-0.3, -0.25) is 0 Å². The van der Waals surface area contributed by atoms with E-state index in [1.807, 2.05) is 6.92 Å². The first-order valence-electron chi connectivity index (χ1n) is 4.04. The fourth-order valence-corrected chi connectivity index (χ4v) is 0.955. The average Bonchev–Trinajstić information content (AvgIpc) is 2.16. The van der Waals surface area contributed by atoms with Crippen molar-refractivity contribution in [2.45, 2.75) is 6.92 Å².